The first-order valence-electron chi connectivity index (χ1n) is 9.80. The molecule has 7 heteroatoms. The molecule has 2 heterocycles. The Labute approximate surface area is 175 Å². The van der Waals surface area contributed by atoms with Crippen LogP contribution >= 0.6 is 0 Å². The predicted molar refractivity (Wildman–Crippen MR) is 112 cm³/mol. The third-order valence-electron chi connectivity index (χ3n) is 5.11. The van der Waals surface area contributed by atoms with Gasteiger partial charge in [-0.25, -0.2) is 4.79 Å². The van der Waals surface area contributed by atoms with E-state index in [0.717, 1.165) is 43.8 Å². The highest BCUT2D eigenvalue weighted by atomic mass is 16.5. The summed E-state index contributed by atoms with van der Waals surface area (Å²) in [6, 6.07) is 12.6. The maximum atomic E-state index is 12.8. The molecule has 0 saturated carbocycles. The molecule has 1 aromatic heterocycles. The van der Waals surface area contributed by atoms with Crippen LogP contribution in [0.1, 0.15) is 15.9 Å². The molecule has 0 bridgehead atoms. The number of hydrogen-bond donors (Lipinski definition) is 0. The number of carbonyl (C=O) groups excluding carboxylic acids is 1. The molecule has 1 aliphatic heterocycles. The number of carbonyl (C=O) groups is 1. The average molecular weight is 408 g/mol. The molecule has 7 nitrogen and oxygen atoms in total. The lowest BCUT2D eigenvalue weighted by Crippen LogP contribution is -2.35. The molecule has 0 spiro atoms. The SMILES string of the molecule is COc1cc(OC)cc(C(=O)Oc2ccc(CN3CCOCC3)c3cccnc23)c1. The Hall–Kier alpha value is -3.16. The largest absolute Gasteiger partial charge is 0.497 e. The number of hydrogen-bond acceptors (Lipinski definition) is 7. The predicted octanol–water partition coefficient (Wildman–Crippen LogP) is 3.30. The topological polar surface area (TPSA) is 70.1 Å². The Morgan fingerprint density at radius 2 is 1.80 bits per heavy atom. The summed E-state index contributed by atoms with van der Waals surface area (Å²) in [4.78, 5) is 19.6. The third kappa shape index (κ3) is 4.37. The smallest absolute Gasteiger partial charge is 0.343 e. The lowest BCUT2D eigenvalue weighted by atomic mass is 10.1. The van der Waals surface area contributed by atoms with Crippen molar-refractivity contribution in [1.29, 1.82) is 0 Å². The summed E-state index contributed by atoms with van der Waals surface area (Å²) in [5, 5.41) is 0.970. The number of nitrogens with zero attached hydrogens (tertiary/aromatic N) is 2. The number of benzene rings is 2. The Balaban J connectivity index is 1.62. The van der Waals surface area contributed by atoms with Gasteiger partial charge < -0.3 is 18.9 Å². The average Bonchev–Trinajstić information content (AvgIpc) is 2.80. The fraction of sp³-hybridized carbons (Fsp3) is 0.304. The molecule has 30 heavy (non-hydrogen) atoms. The number of pyridine rings is 1. The third-order valence-corrected chi connectivity index (χ3v) is 5.11. The summed E-state index contributed by atoms with van der Waals surface area (Å²) in [5.41, 5.74) is 2.14. The molecule has 0 radical (unpaired) electrons. The van der Waals surface area contributed by atoms with Gasteiger partial charge in [0.05, 0.1) is 33.0 Å². The van der Waals surface area contributed by atoms with Crippen LogP contribution in [0.15, 0.2) is 48.7 Å². The van der Waals surface area contributed by atoms with Gasteiger partial charge in [0.25, 0.3) is 0 Å². The molecule has 1 aliphatic rings. The molecule has 156 valence electrons. The Morgan fingerprint density at radius 1 is 1.07 bits per heavy atom. The molecule has 0 unspecified atom stereocenters. The first kappa shape index (κ1) is 20.1. The molecular formula is C23H24N2O5. The summed E-state index contributed by atoms with van der Waals surface area (Å²) >= 11 is 0. The number of fused-ring (bicyclic) bond motifs is 1. The van der Waals surface area contributed by atoms with Crippen molar-refractivity contribution in [3.8, 4) is 17.2 Å². The lowest BCUT2D eigenvalue weighted by Gasteiger charge is -2.27. The standard InChI is InChI=1S/C23H24N2O5/c1-27-18-12-17(13-19(14-18)28-2)23(26)30-21-6-5-16(15-25-8-10-29-11-9-25)20-4-3-7-24-22(20)21/h3-7,12-14H,8-11,15H2,1-2H3. The lowest BCUT2D eigenvalue weighted by molar-refractivity contribution is 0.0343. The molecule has 1 fully saturated rings. The van der Waals surface area contributed by atoms with Gasteiger partial charge in [-0.2, -0.15) is 0 Å². The minimum atomic E-state index is -0.500. The number of ether oxygens (including phenoxy) is 4. The first-order chi connectivity index (χ1) is 14.7. The Kier molecular flexibility index (Phi) is 6.11. The minimum Gasteiger partial charge on any atom is -0.497 e. The highest BCUT2D eigenvalue weighted by Gasteiger charge is 2.17. The van der Waals surface area contributed by atoms with Crippen LogP contribution < -0.4 is 14.2 Å². The van der Waals surface area contributed by atoms with Gasteiger partial charge in [-0.1, -0.05) is 12.1 Å². The van der Waals surface area contributed by atoms with Crippen LogP contribution in [-0.2, 0) is 11.3 Å². The molecule has 0 atom stereocenters. The minimum absolute atomic E-state index is 0.340. The number of aromatic nitrogens is 1. The van der Waals surface area contributed by atoms with E-state index >= 15 is 0 Å². The van der Waals surface area contributed by atoms with Gasteiger partial charge in [0.2, 0.25) is 0 Å². The molecule has 4 rings (SSSR count). The summed E-state index contributed by atoms with van der Waals surface area (Å²) in [6.45, 7) is 4.09. The van der Waals surface area contributed by atoms with Crippen LogP contribution in [-0.4, -0.2) is 56.4 Å². The van der Waals surface area contributed by atoms with Crippen LogP contribution in [0.4, 0.5) is 0 Å². The van der Waals surface area contributed by atoms with Crippen molar-refractivity contribution in [3.05, 3.63) is 59.8 Å². The maximum Gasteiger partial charge on any atom is 0.343 e. The van der Waals surface area contributed by atoms with Crippen LogP contribution in [0, 0.1) is 0 Å². The van der Waals surface area contributed by atoms with Crippen LogP contribution in [0.3, 0.4) is 0 Å². The van der Waals surface area contributed by atoms with E-state index in [1.807, 2.05) is 18.2 Å². The summed E-state index contributed by atoms with van der Waals surface area (Å²) in [5.74, 6) is 0.957. The molecule has 2 aromatic carbocycles. The van der Waals surface area contributed by atoms with E-state index in [-0.39, 0.29) is 0 Å². The summed E-state index contributed by atoms with van der Waals surface area (Å²) < 4.78 is 21.6. The van der Waals surface area contributed by atoms with E-state index in [4.69, 9.17) is 18.9 Å². The molecule has 0 aliphatic carbocycles. The van der Waals surface area contributed by atoms with Gasteiger partial charge in [0, 0.05) is 37.3 Å². The monoisotopic (exact) mass is 408 g/mol. The van der Waals surface area contributed by atoms with Gasteiger partial charge in [-0.05, 0) is 29.8 Å². The number of methoxy groups -OCH3 is 2. The van der Waals surface area contributed by atoms with E-state index in [1.54, 1.807) is 30.5 Å². The Morgan fingerprint density at radius 3 is 2.50 bits per heavy atom. The van der Waals surface area contributed by atoms with Gasteiger partial charge in [0.15, 0.2) is 5.75 Å². The molecule has 0 amide bonds. The number of esters is 1. The fourth-order valence-electron chi connectivity index (χ4n) is 3.51. The van der Waals surface area contributed by atoms with Crippen molar-refractivity contribution in [2.75, 3.05) is 40.5 Å². The second kappa shape index (κ2) is 9.11. The van der Waals surface area contributed by atoms with E-state index in [2.05, 4.69) is 9.88 Å². The number of rotatable bonds is 6. The zero-order valence-corrected chi connectivity index (χ0v) is 17.1. The zero-order valence-electron chi connectivity index (χ0n) is 17.1. The van der Waals surface area contributed by atoms with E-state index in [1.165, 1.54) is 14.2 Å². The Bertz CT molecular complexity index is 1020. The van der Waals surface area contributed by atoms with Gasteiger partial charge in [-0.3, -0.25) is 9.88 Å². The van der Waals surface area contributed by atoms with Crippen molar-refractivity contribution >= 4 is 16.9 Å². The maximum absolute atomic E-state index is 12.8. The highest BCUT2D eigenvalue weighted by Crippen LogP contribution is 2.29. The van der Waals surface area contributed by atoms with Crippen LogP contribution in [0.2, 0.25) is 0 Å². The van der Waals surface area contributed by atoms with Crippen molar-refractivity contribution < 1.29 is 23.7 Å². The molecule has 3 aromatic rings. The second-order valence-electron chi connectivity index (χ2n) is 7.00. The van der Waals surface area contributed by atoms with Gasteiger partial charge in [0.1, 0.15) is 17.0 Å². The summed E-state index contributed by atoms with van der Waals surface area (Å²) in [7, 11) is 3.07. The first-order valence-corrected chi connectivity index (χ1v) is 9.80. The second-order valence-corrected chi connectivity index (χ2v) is 7.00. The van der Waals surface area contributed by atoms with E-state index < -0.39 is 5.97 Å². The number of morpholine rings is 1. The van der Waals surface area contributed by atoms with Gasteiger partial charge >= 0.3 is 5.97 Å². The van der Waals surface area contributed by atoms with Crippen molar-refractivity contribution in [1.82, 2.24) is 9.88 Å². The zero-order chi connectivity index (χ0) is 20.9. The highest BCUT2D eigenvalue weighted by molar-refractivity contribution is 5.95. The van der Waals surface area contributed by atoms with Crippen LogP contribution in [0.5, 0.6) is 17.2 Å². The molecule has 1 saturated heterocycles. The van der Waals surface area contributed by atoms with Crippen molar-refractivity contribution in [2.45, 2.75) is 6.54 Å². The molecule has 0 N–H and O–H groups in total. The van der Waals surface area contributed by atoms with E-state index in [0.29, 0.717) is 28.3 Å². The summed E-state index contributed by atoms with van der Waals surface area (Å²) in [6.07, 6.45) is 1.70. The quantitative estimate of drug-likeness (QED) is 0.458. The van der Waals surface area contributed by atoms with Crippen molar-refractivity contribution in [3.63, 3.8) is 0 Å². The normalized spacial score (nSPS) is 14.5. The molecular weight excluding hydrogens is 384 g/mol. The van der Waals surface area contributed by atoms with Crippen molar-refractivity contribution in [2.24, 2.45) is 0 Å². The van der Waals surface area contributed by atoms with E-state index in [9.17, 15) is 4.79 Å². The fourth-order valence-corrected chi connectivity index (χ4v) is 3.51. The van der Waals surface area contributed by atoms with Gasteiger partial charge in [-0.15, -0.1) is 0 Å². The van der Waals surface area contributed by atoms with Crippen LogP contribution in [0.25, 0.3) is 10.9 Å².